The molecule has 0 atom stereocenters. The highest BCUT2D eigenvalue weighted by atomic mass is 32.2. The number of benzene rings is 2. The van der Waals surface area contributed by atoms with E-state index < -0.39 is 9.84 Å². The summed E-state index contributed by atoms with van der Waals surface area (Å²) in [5.74, 6) is 1.14. The first-order chi connectivity index (χ1) is 14.4. The lowest BCUT2D eigenvalue weighted by atomic mass is 10.1. The van der Waals surface area contributed by atoms with Crippen LogP contribution < -0.4 is 10.1 Å². The first kappa shape index (κ1) is 20.1. The third-order valence-corrected chi connectivity index (χ3v) is 7.35. The second kappa shape index (κ2) is 7.92. The Hall–Kier alpha value is -3.17. The minimum absolute atomic E-state index is 0.0267. The van der Waals surface area contributed by atoms with Crippen molar-refractivity contribution in [3.63, 3.8) is 0 Å². The minimum atomic E-state index is -3.41. The van der Waals surface area contributed by atoms with Gasteiger partial charge in [-0.25, -0.2) is 18.4 Å². The number of phenolic OH excluding ortho intramolecular Hbond substituents is 1. The molecule has 0 radical (unpaired) electrons. The van der Waals surface area contributed by atoms with Crippen LogP contribution in [-0.2, 0) is 9.84 Å². The third-order valence-electron chi connectivity index (χ3n) is 4.73. The monoisotopic (exact) mass is 441 g/mol. The van der Waals surface area contributed by atoms with Gasteiger partial charge < -0.3 is 15.2 Å². The Morgan fingerprint density at radius 3 is 2.60 bits per heavy atom. The van der Waals surface area contributed by atoms with Crippen molar-refractivity contribution in [1.82, 2.24) is 9.97 Å². The van der Waals surface area contributed by atoms with Crippen molar-refractivity contribution < 1.29 is 18.3 Å². The maximum atomic E-state index is 12.2. The number of rotatable bonds is 6. The Bertz CT molecular complexity index is 1320. The number of ether oxygens (including phenoxy) is 1. The maximum Gasteiger partial charge on any atom is 0.178 e. The van der Waals surface area contributed by atoms with E-state index in [1.807, 2.05) is 29.6 Å². The number of hydrogen-bond donors (Lipinski definition) is 2. The summed E-state index contributed by atoms with van der Waals surface area (Å²) in [5.41, 5.74) is 2.15. The number of hydrogen-bond acceptors (Lipinski definition) is 8. The van der Waals surface area contributed by atoms with Gasteiger partial charge in [0.1, 0.15) is 28.5 Å². The average molecular weight is 442 g/mol. The van der Waals surface area contributed by atoms with Gasteiger partial charge in [0.2, 0.25) is 0 Å². The number of anilines is 2. The fourth-order valence-electron chi connectivity index (χ4n) is 3.06. The van der Waals surface area contributed by atoms with E-state index >= 15 is 0 Å². The Labute approximate surface area is 177 Å². The van der Waals surface area contributed by atoms with Crippen molar-refractivity contribution in [2.45, 2.75) is 11.8 Å². The van der Waals surface area contributed by atoms with Crippen LogP contribution >= 0.6 is 11.3 Å². The zero-order valence-corrected chi connectivity index (χ0v) is 17.9. The number of aromatic nitrogens is 2. The lowest BCUT2D eigenvalue weighted by Gasteiger charge is -2.12. The van der Waals surface area contributed by atoms with Gasteiger partial charge in [0.15, 0.2) is 9.84 Å². The van der Waals surface area contributed by atoms with Gasteiger partial charge in [-0.2, -0.15) is 0 Å². The smallest absolute Gasteiger partial charge is 0.178 e. The van der Waals surface area contributed by atoms with Crippen LogP contribution in [0.25, 0.3) is 21.3 Å². The lowest BCUT2D eigenvalue weighted by Crippen LogP contribution is -2.04. The molecule has 0 aliphatic carbocycles. The topological polar surface area (TPSA) is 101 Å². The molecule has 0 amide bonds. The standard InChI is InChI=1S/C21H19N3O4S2/c1-3-30(26,27)15-8-9-18(25)17(10-15)24-20-19-16(11-29-21(19)23-12-22-20)13-4-6-14(28-2)7-5-13/h4-12,25H,3H2,1-2H3,(H,22,23,24). The van der Waals surface area contributed by atoms with E-state index in [0.29, 0.717) is 5.82 Å². The molecule has 0 saturated heterocycles. The second-order valence-corrected chi connectivity index (χ2v) is 9.62. The van der Waals surface area contributed by atoms with E-state index in [2.05, 4.69) is 15.3 Å². The van der Waals surface area contributed by atoms with E-state index in [9.17, 15) is 13.5 Å². The Kier molecular flexibility index (Phi) is 5.31. The van der Waals surface area contributed by atoms with E-state index in [0.717, 1.165) is 27.1 Å². The summed E-state index contributed by atoms with van der Waals surface area (Å²) in [6, 6.07) is 11.8. The molecular formula is C21H19N3O4S2. The molecule has 0 fully saturated rings. The Morgan fingerprint density at radius 1 is 1.13 bits per heavy atom. The van der Waals surface area contributed by atoms with Crippen molar-refractivity contribution in [2.24, 2.45) is 0 Å². The number of phenols is 1. The molecule has 154 valence electrons. The predicted octanol–water partition coefficient (Wildman–Crippen LogP) is 4.61. The second-order valence-electron chi connectivity index (χ2n) is 6.49. The van der Waals surface area contributed by atoms with Gasteiger partial charge in [-0.05, 0) is 35.9 Å². The van der Waals surface area contributed by atoms with Crippen LogP contribution in [0.3, 0.4) is 0 Å². The molecule has 9 heteroatoms. The van der Waals surface area contributed by atoms with Crippen LogP contribution in [0.5, 0.6) is 11.5 Å². The summed E-state index contributed by atoms with van der Waals surface area (Å²) in [6.45, 7) is 1.58. The Morgan fingerprint density at radius 2 is 1.90 bits per heavy atom. The van der Waals surface area contributed by atoms with Gasteiger partial charge in [0, 0.05) is 10.9 Å². The van der Waals surface area contributed by atoms with E-state index in [1.165, 1.54) is 35.9 Å². The van der Waals surface area contributed by atoms with Gasteiger partial charge >= 0.3 is 0 Å². The molecule has 0 spiro atoms. The van der Waals surface area contributed by atoms with Gasteiger partial charge in [0.05, 0.1) is 28.8 Å². The predicted molar refractivity (Wildman–Crippen MR) is 119 cm³/mol. The number of sulfone groups is 1. The highest BCUT2D eigenvalue weighted by Gasteiger charge is 2.17. The van der Waals surface area contributed by atoms with Crippen LogP contribution in [0.15, 0.2) is 59.1 Å². The summed E-state index contributed by atoms with van der Waals surface area (Å²) in [4.78, 5) is 9.60. The molecule has 2 aromatic heterocycles. The van der Waals surface area contributed by atoms with Gasteiger partial charge in [-0.15, -0.1) is 11.3 Å². The molecule has 0 aliphatic rings. The fraction of sp³-hybridized carbons (Fsp3) is 0.143. The van der Waals surface area contributed by atoms with Crippen LogP contribution in [-0.4, -0.2) is 36.4 Å². The van der Waals surface area contributed by atoms with Crippen LogP contribution in [0.1, 0.15) is 6.92 Å². The first-order valence-electron chi connectivity index (χ1n) is 9.12. The SMILES string of the molecule is CCS(=O)(=O)c1ccc(O)c(Nc2ncnc3scc(-c4ccc(OC)cc4)c23)c1. The van der Waals surface area contributed by atoms with Crippen molar-refractivity contribution >= 4 is 42.9 Å². The van der Waals surface area contributed by atoms with Crippen molar-refractivity contribution in [1.29, 1.82) is 0 Å². The third kappa shape index (κ3) is 3.69. The van der Waals surface area contributed by atoms with Crippen molar-refractivity contribution in [3.05, 3.63) is 54.2 Å². The summed E-state index contributed by atoms with van der Waals surface area (Å²) < 4.78 is 29.7. The lowest BCUT2D eigenvalue weighted by molar-refractivity contribution is 0.415. The molecular weight excluding hydrogens is 422 g/mol. The van der Waals surface area contributed by atoms with Gasteiger partial charge in [-0.3, -0.25) is 0 Å². The molecule has 30 heavy (non-hydrogen) atoms. The highest BCUT2D eigenvalue weighted by molar-refractivity contribution is 7.91. The summed E-state index contributed by atoms with van der Waals surface area (Å²) in [6.07, 6.45) is 1.43. The summed E-state index contributed by atoms with van der Waals surface area (Å²) >= 11 is 1.48. The number of aromatic hydroxyl groups is 1. The van der Waals surface area contributed by atoms with E-state index in [-0.39, 0.29) is 22.1 Å². The van der Waals surface area contributed by atoms with Gasteiger partial charge in [0.25, 0.3) is 0 Å². The van der Waals surface area contributed by atoms with Crippen LogP contribution in [0.4, 0.5) is 11.5 Å². The molecule has 0 saturated carbocycles. The first-order valence-corrected chi connectivity index (χ1v) is 11.7. The largest absolute Gasteiger partial charge is 0.506 e. The van der Waals surface area contributed by atoms with Gasteiger partial charge in [-0.1, -0.05) is 19.1 Å². The molecule has 0 unspecified atom stereocenters. The molecule has 4 aromatic rings. The molecule has 4 rings (SSSR count). The number of fused-ring (bicyclic) bond motifs is 1. The summed E-state index contributed by atoms with van der Waals surface area (Å²) in [7, 11) is -1.80. The Balaban J connectivity index is 1.81. The van der Waals surface area contributed by atoms with Crippen molar-refractivity contribution in [2.75, 3.05) is 18.2 Å². The fourth-order valence-corrected chi connectivity index (χ4v) is 4.88. The zero-order chi connectivity index (χ0) is 21.3. The number of methoxy groups -OCH3 is 1. The average Bonchev–Trinajstić information content (AvgIpc) is 3.20. The molecule has 2 aromatic carbocycles. The molecule has 0 bridgehead atoms. The normalized spacial score (nSPS) is 11.5. The minimum Gasteiger partial charge on any atom is -0.506 e. The molecule has 7 nitrogen and oxygen atoms in total. The molecule has 2 N–H and O–H groups in total. The molecule has 2 heterocycles. The highest BCUT2D eigenvalue weighted by Crippen LogP contribution is 2.39. The quantitative estimate of drug-likeness (QED) is 0.421. The van der Waals surface area contributed by atoms with Crippen LogP contribution in [0, 0.1) is 0 Å². The number of nitrogens with one attached hydrogen (secondary N) is 1. The van der Waals surface area contributed by atoms with Crippen LogP contribution in [0.2, 0.25) is 0 Å². The zero-order valence-electron chi connectivity index (χ0n) is 16.3. The van der Waals surface area contributed by atoms with E-state index in [1.54, 1.807) is 14.0 Å². The maximum absolute atomic E-state index is 12.2. The van der Waals surface area contributed by atoms with E-state index in [4.69, 9.17) is 4.74 Å². The van der Waals surface area contributed by atoms with Crippen molar-refractivity contribution in [3.8, 4) is 22.6 Å². The number of thiophene rings is 1. The number of nitrogens with zero attached hydrogens (tertiary/aromatic N) is 2. The molecule has 0 aliphatic heterocycles. The summed E-state index contributed by atoms with van der Waals surface area (Å²) in [5, 5.41) is 16.2.